The van der Waals surface area contributed by atoms with Gasteiger partial charge in [0.05, 0.1) is 31.1 Å². The van der Waals surface area contributed by atoms with Gasteiger partial charge in [0.15, 0.2) is 5.13 Å². The summed E-state index contributed by atoms with van der Waals surface area (Å²) in [6.45, 7) is 1.18. The van der Waals surface area contributed by atoms with E-state index in [-0.39, 0.29) is 5.91 Å². The molecule has 0 aliphatic carbocycles. The smallest absolute Gasteiger partial charge is 0.257 e. The molecule has 0 unspecified atom stereocenters. The summed E-state index contributed by atoms with van der Waals surface area (Å²) < 4.78 is 7.01. The number of hydrogen-bond acceptors (Lipinski definition) is 6. The van der Waals surface area contributed by atoms with Crippen molar-refractivity contribution in [3.8, 4) is 11.4 Å². The van der Waals surface area contributed by atoms with E-state index >= 15 is 0 Å². The highest BCUT2D eigenvalue weighted by molar-refractivity contribution is 7.15. The zero-order chi connectivity index (χ0) is 17.4. The third-order valence-corrected chi connectivity index (χ3v) is 5.11. The molecule has 2 N–H and O–H groups in total. The van der Waals surface area contributed by atoms with Gasteiger partial charge in [0.25, 0.3) is 5.91 Å². The largest absolute Gasteiger partial charge is 0.494 e. The summed E-state index contributed by atoms with van der Waals surface area (Å²) in [5, 5.41) is 4.88. The van der Waals surface area contributed by atoms with Crippen LogP contribution in [0.3, 0.4) is 0 Å². The van der Waals surface area contributed by atoms with Gasteiger partial charge in [-0.05, 0) is 12.1 Å². The van der Waals surface area contributed by atoms with E-state index in [1.807, 2.05) is 29.2 Å². The standard InChI is InChI=1S/C17H17N5O2S/c1-24-14-5-3-2-4-13(14)22-9-11(8-19-22)16(23)21-7-6-12-15(10-21)25-17(18)20-12/h2-5,8-9H,6-7,10H2,1H3,(H2,18,20). The van der Waals surface area contributed by atoms with Gasteiger partial charge in [-0.3, -0.25) is 4.79 Å². The van der Waals surface area contributed by atoms with Crippen LogP contribution in [0.5, 0.6) is 5.75 Å². The number of anilines is 1. The quantitative estimate of drug-likeness (QED) is 0.778. The Labute approximate surface area is 148 Å². The lowest BCUT2D eigenvalue weighted by molar-refractivity contribution is 0.0736. The second kappa shape index (κ2) is 6.21. The van der Waals surface area contributed by atoms with Gasteiger partial charge in [0, 0.05) is 24.0 Å². The van der Waals surface area contributed by atoms with Gasteiger partial charge in [0.2, 0.25) is 0 Å². The molecular formula is C17H17N5O2S. The third-order valence-electron chi connectivity index (χ3n) is 4.20. The lowest BCUT2D eigenvalue weighted by Crippen LogP contribution is -2.35. The summed E-state index contributed by atoms with van der Waals surface area (Å²) in [7, 11) is 1.61. The zero-order valence-corrected chi connectivity index (χ0v) is 14.5. The van der Waals surface area contributed by atoms with Crippen LogP contribution in [0.25, 0.3) is 5.69 Å². The van der Waals surface area contributed by atoms with Crippen LogP contribution >= 0.6 is 11.3 Å². The molecule has 1 aliphatic heterocycles. The van der Waals surface area contributed by atoms with Crippen molar-refractivity contribution in [2.24, 2.45) is 0 Å². The SMILES string of the molecule is COc1ccccc1-n1cc(C(=O)N2CCc3nc(N)sc3C2)cn1. The van der Waals surface area contributed by atoms with Gasteiger partial charge in [0.1, 0.15) is 11.4 Å². The highest BCUT2D eigenvalue weighted by Crippen LogP contribution is 2.27. The van der Waals surface area contributed by atoms with E-state index in [1.165, 1.54) is 11.3 Å². The molecule has 1 aromatic carbocycles. The van der Waals surface area contributed by atoms with Crippen LogP contribution in [0.15, 0.2) is 36.7 Å². The predicted molar refractivity (Wildman–Crippen MR) is 95.1 cm³/mol. The number of nitrogens with two attached hydrogens (primary N) is 1. The molecule has 0 radical (unpaired) electrons. The number of carbonyl (C=O) groups is 1. The van der Waals surface area contributed by atoms with Crippen LogP contribution in [0.4, 0.5) is 5.13 Å². The van der Waals surface area contributed by atoms with Crippen molar-refractivity contribution in [2.45, 2.75) is 13.0 Å². The highest BCUT2D eigenvalue weighted by Gasteiger charge is 2.25. The molecule has 3 heterocycles. The van der Waals surface area contributed by atoms with Crippen molar-refractivity contribution in [3.63, 3.8) is 0 Å². The molecule has 0 bridgehead atoms. The Morgan fingerprint density at radius 2 is 2.20 bits per heavy atom. The number of carbonyl (C=O) groups excluding carboxylic acids is 1. The molecule has 4 rings (SSSR count). The molecule has 1 aliphatic rings. The molecule has 1 amide bonds. The second-order valence-electron chi connectivity index (χ2n) is 5.74. The summed E-state index contributed by atoms with van der Waals surface area (Å²) in [5.74, 6) is 0.658. The minimum absolute atomic E-state index is 0.0428. The number of fused-ring (bicyclic) bond motifs is 1. The number of nitrogen functional groups attached to an aromatic ring is 1. The molecule has 7 nitrogen and oxygen atoms in total. The zero-order valence-electron chi connectivity index (χ0n) is 13.7. The minimum atomic E-state index is -0.0428. The summed E-state index contributed by atoms with van der Waals surface area (Å²) in [5.41, 5.74) is 8.12. The number of para-hydroxylation sites is 2. The maximum absolute atomic E-state index is 12.8. The summed E-state index contributed by atoms with van der Waals surface area (Å²) in [6, 6.07) is 7.55. The Hall–Kier alpha value is -2.87. The molecule has 8 heteroatoms. The fraction of sp³-hybridized carbons (Fsp3) is 0.235. The number of methoxy groups -OCH3 is 1. The lowest BCUT2D eigenvalue weighted by Gasteiger charge is -2.25. The van der Waals surface area contributed by atoms with Gasteiger partial charge in [-0.25, -0.2) is 9.67 Å². The minimum Gasteiger partial charge on any atom is -0.494 e. The van der Waals surface area contributed by atoms with E-state index < -0.39 is 0 Å². The molecule has 0 saturated carbocycles. The van der Waals surface area contributed by atoms with E-state index in [1.54, 1.807) is 24.2 Å². The van der Waals surface area contributed by atoms with Gasteiger partial charge < -0.3 is 15.4 Å². The number of ether oxygens (including phenoxy) is 1. The van der Waals surface area contributed by atoms with Gasteiger partial charge in [-0.15, -0.1) is 11.3 Å². The molecule has 0 spiro atoms. The third kappa shape index (κ3) is 2.85. The fourth-order valence-corrected chi connectivity index (χ4v) is 3.85. The number of thiazole rings is 1. The van der Waals surface area contributed by atoms with Crippen LogP contribution in [-0.2, 0) is 13.0 Å². The molecular weight excluding hydrogens is 338 g/mol. The van der Waals surface area contributed by atoms with Crippen molar-refractivity contribution >= 4 is 22.4 Å². The van der Waals surface area contributed by atoms with E-state index in [9.17, 15) is 4.79 Å². The van der Waals surface area contributed by atoms with Crippen LogP contribution in [-0.4, -0.2) is 39.2 Å². The maximum atomic E-state index is 12.8. The first-order chi connectivity index (χ1) is 12.2. The molecule has 3 aromatic rings. The molecule has 0 atom stereocenters. The van der Waals surface area contributed by atoms with Crippen LogP contribution in [0.1, 0.15) is 20.9 Å². The first kappa shape index (κ1) is 15.6. The molecule has 2 aromatic heterocycles. The van der Waals surface area contributed by atoms with E-state index in [0.717, 1.165) is 22.7 Å². The number of hydrogen-bond donors (Lipinski definition) is 1. The summed E-state index contributed by atoms with van der Waals surface area (Å²) >= 11 is 1.45. The Balaban J connectivity index is 1.57. The first-order valence-electron chi connectivity index (χ1n) is 7.87. The average Bonchev–Trinajstić information content (AvgIpc) is 3.26. The van der Waals surface area contributed by atoms with Crippen LogP contribution in [0, 0.1) is 0 Å². The van der Waals surface area contributed by atoms with E-state index in [0.29, 0.717) is 29.5 Å². The van der Waals surface area contributed by atoms with E-state index in [4.69, 9.17) is 10.5 Å². The van der Waals surface area contributed by atoms with Gasteiger partial charge in [-0.2, -0.15) is 5.10 Å². The number of rotatable bonds is 3. The number of nitrogens with zero attached hydrogens (tertiary/aromatic N) is 4. The fourth-order valence-electron chi connectivity index (χ4n) is 2.96. The molecule has 0 saturated heterocycles. The molecule has 0 fully saturated rings. The molecule has 25 heavy (non-hydrogen) atoms. The van der Waals surface area contributed by atoms with Crippen LogP contribution < -0.4 is 10.5 Å². The van der Waals surface area contributed by atoms with Gasteiger partial charge in [-0.1, -0.05) is 12.1 Å². The number of benzene rings is 1. The monoisotopic (exact) mass is 355 g/mol. The lowest BCUT2D eigenvalue weighted by atomic mass is 10.1. The van der Waals surface area contributed by atoms with Crippen molar-refractivity contribution in [1.82, 2.24) is 19.7 Å². The van der Waals surface area contributed by atoms with Crippen molar-refractivity contribution in [3.05, 3.63) is 52.8 Å². The van der Waals surface area contributed by atoms with E-state index in [2.05, 4.69) is 10.1 Å². The Kier molecular flexibility index (Phi) is 3.89. The Morgan fingerprint density at radius 3 is 3.04 bits per heavy atom. The highest BCUT2D eigenvalue weighted by atomic mass is 32.1. The maximum Gasteiger partial charge on any atom is 0.257 e. The average molecular weight is 355 g/mol. The first-order valence-corrected chi connectivity index (χ1v) is 8.69. The topological polar surface area (TPSA) is 86.3 Å². The number of aromatic nitrogens is 3. The van der Waals surface area contributed by atoms with Crippen LogP contribution in [0.2, 0.25) is 0 Å². The summed E-state index contributed by atoms with van der Waals surface area (Å²) in [4.78, 5) is 20.0. The molecule has 128 valence electrons. The predicted octanol–water partition coefficient (Wildman–Crippen LogP) is 2.12. The van der Waals surface area contributed by atoms with Crippen molar-refractivity contribution < 1.29 is 9.53 Å². The van der Waals surface area contributed by atoms with Crippen molar-refractivity contribution in [1.29, 1.82) is 0 Å². The second-order valence-corrected chi connectivity index (χ2v) is 6.86. The summed E-state index contributed by atoms with van der Waals surface area (Å²) in [6.07, 6.45) is 4.05. The van der Waals surface area contributed by atoms with Crippen molar-refractivity contribution in [2.75, 3.05) is 19.4 Å². The Morgan fingerprint density at radius 1 is 1.36 bits per heavy atom. The Bertz CT molecular complexity index is 933. The normalized spacial score (nSPS) is 13.6. The number of amides is 1. The van der Waals surface area contributed by atoms with Gasteiger partial charge >= 0.3 is 0 Å².